The van der Waals surface area contributed by atoms with Crippen molar-refractivity contribution in [2.75, 3.05) is 74.2 Å². The van der Waals surface area contributed by atoms with Gasteiger partial charge in [0.05, 0.1) is 31.1 Å². The lowest BCUT2D eigenvalue weighted by atomic mass is 10.1. The Balaban J connectivity index is 0.980. The van der Waals surface area contributed by atoms with Crippen LogP contribution in [0, 0.1) is 5.92 Å². The maximum absolute atomic E-state index is 9.49. The van der Waals surface area contributed by atoms with E-state index in [0.717, 1.165) is 56.3 Å². The number of halogens is 2. The van der Waals surface area contributed by atoms with E-state index in [9.17, 15) is 5.11 Å². The summed E-state index contributed by atoms with van der Waals surface area (Å²) in [6.07, 6.45) is 6.02. The number of aliphatic hydroxyl groups is 1. The SMILES string of the molecule is CC(C)CCN(CCO)C(=S)Nc1ccc(N2CCN(c3ccc(OC[C@@H]4CO[C@@](Cn5ccnc5)(c5ccc(Cl)cc5Cl)O4)cc3)CC2)cc1. The van der Waals surface area contributed by atoms with Crippen LogP contribution >= 0.6 is 35.4 Å². The third kappa shape index (κ3) is 9.65. The second-order valence-electron chi connectivity index (χ2n) is 13.3. The molecule has 2 aliphatic rings. The number of benzene rings is 3. The Morgan fingerprint density at radius 2 is 1.71 bits per heavy atom. The van der Waals surface area contributed by atoms with E-state index in [1.54, 1.807) is 24.7 Å². The van der Waals surface area contributed by atoms with E-state index in [1.807, 2.05) is 33.9 Å². The monoisotopic (exact) mass is 752 g/mol. The number of aliphatic hydroxyl groups excluding tert-OH is 1. The summed E-state index contributed by atoms with van der Waals surface area (Å²) >= 11 is 18.4. The number of thiocarbonyl (C=S) groups is 1. The predicted octanol–water partition coefficient (Wildman–Crippen LogP) is 6.90. The number of anilines is 3. The van der Waals surface area contributed by atoms with E-state index < -0.39 is 5.79 Å². The fourth-order valence-corrected chi connectivity index (χ4v) is 7.20. The molecule has 2 N–H and O–H groups in total. The van der Waals surface area contributed by atoms with Crippen LogP contribution in [-0.2, 0) is 21.8 Å². The van der Waals surface area contributed by atoms with Crippen LogP contribution in [0.3, 0.4) is 0 Å². The summed E-state index contributed by atoms with van der Waals surface area (Å²) in [5, 5.41) is 14.5. The lowest BCUT2D eigenvalue weighted by Gasteiger charge is -2.37. The van der Waals surface area contributed by atoms with Gasteiger partial charge in [0.25, 0.3) is 0 Å². The number of nitrogens with one attached hydrogen (secondary N) is 1. The Kier molecular flexibility index (Phi) is 12.6. The third-order valence-electron chi connectivity index (χ3n) is 9.19. The van der Waals surface area contributed by atoms with Crippen molar-refractivity contribution in [1.29, 1.82) is 0 Å². The van der Waals surface area contributed by atoms with Crippen LogP contribution in [-0.4, -0.2) is 89.9 Å². The van der Waals surface area contributed by atoms with E-state index in [-0.39, 0.29) is 12.7 Å². The molecule has 2 atom stereocenters. The van der Waals surface area contributed by atoms with Crippen LogP contribution in [0.15, 0.2) is 85.5 Å². The van der Waals surface area contributed by atoms with Crippen LogP contribution in [0.25, 0.3) is 0 Å². The summed E-state index contributed by atoms with van der Waals surface area (Å²) in [6, 6.07) is 22.0. The normalized spacial score (nSPS) is 19.1. The molecule has 272 valence electrons. The molecule has 6 rings (SSSR count). The molecule has 0 saturated carbocycles. The summed E-state index contributed by atoms with van der Waals surface area (Å²) in [5.41, 5.74) is 4.01. The second kappa shape index (κ2) is 17.3. The van der Waals surface area contributed by atoms with Gasteiger partial charge in [-0.15, -0.1) is 0 Å². The molecule has 4 aromatic rings. The van der Waals surface area contributed by atoms with Gasteiger partial charge in [0.1, 0.15) is 18.5 Å². The topological polar surface area (TPSA) is 87.5 Å². The van der Waals surface area contributed by atoms with Gasteiger partial charge in [-0.3, -0.25) is 0 Å². The molecule has 3 heterocycles. The van der Waals surface area contributed by atoms with E-state index in [2.05, 4.69) is 70.3 Å². The maximum atomic E-state index is 9.49. The Bertz CT molecular complexity index is 1700. The molecule has 51 heavy (non-hydrogen) atoms. The molecule has 0 aliphatic carbocycles. The van der Waals surface area contributed by atoms with Crippen LogP contribution in [0.1, 0.15) is 25.8 Å². The molecule has 0 unspecified atom stereocenters. The first-order chi connectivity index (χ1) is 24.7. The summed E-state index contributed by atoms with van der Waals surface area (Å²) in [4.78, 5) is 11.0. The second-order valence-corrected chi connectivity index (χ2v) is 14.5. The van der Waals surface area contributed by atoms with Gasteiger partial charge in [0.15, 0.2) is 5.11 Å². The minimum absolute atomic E-state index is 0.0757. The summed E-state index contributed by atoms with van der Waals surface area (Å²) in [6.45, 7) is 10.5. The van der Waals surface area contributed by atoms with E-state index in [0.29, 0.717) is 52.9 Å². The highest BCUT2D eigenvalue weighted by atomic mass is 35.5. The van der Waals surface area contributed by atoms with Crippen molar-refractivity contribution < 1.29 is 19.3 Å². The molecule has 0 spiro atoms. The Morgan fingerprint density at radius 1 is 1.02 bits per heavy atom. The van der Waals surface area contributed by atoms with Crippen molar-refractivity contribution in [3.63, 3.8) is 0 Å². The fourth-order valence-electron chi connectivity index (χ4n) is 6.35. The van der Waals surface area contributed by atoms with Gasteiger partial charge >= 0.3 is 0 Å². The van der Waals surface area contributed by atoms with Gasteiger partial charge in [-0.2, -0.15) is 0 Å². The highest BCUT2D eigenvalue weighted by Gasteiger charge is 2.45. The predicted molar refractivity (Wildman–Crippen MR) is 208 cm³/mol. The molecular formula is C38H46Cl2N6O4S. The fraction of sp³-hybridized carbons (Fsp3) is 0.421. The van der Waals surface area contributed by atoms with E-state index >= 15 is 0 Å². The largest absolute Gasteiger partial charge is 0.491 e. The van der Waals surface area contributed by atoms with Crippen molar-refractivity contribution in [3.8, 4) is 5.75 Å². The minimum atomic E-state index is -1.09. The zero-order valence-electron chi connectivity index (χ0n) is 29.1. The number of piperazine rings is 1. The molecule has 0 amide bonds. The number of nitrogens with zero attached hydrogens (tertiary/aromatic N) is 5. The van der Waals surface area contributed by atoms with Crippen molar-refractivity contribution in [1.82, 2.24) is 14.5 Å². The zero-order valence-corrected chi connectivity index (χ0v) is 31.4. The Labute approximate surface area is 315 Å². The highest BCUT2D eigenvalue weighted by molar-refractivity contribution is 7.80. The molecule has 2 aliphatic heterocycles. The van der Waals surface area contributed by atoms with Gasteiger partial charge in [0, 0.05) is 79.3 Å². The lowest BCUT2D eigenvalue weighted by molar-refractivity contribution is -0.189. The van der Waals surface area contributed by atoms with Crippen molar-refractivity contribution in [2.45, 2.75) is 38.7 Å². The number of aromatic nitrogens is 2. The van der Waals surface area contributed by atoms with Crippen molar-refractivity contribution in [2.24, 2.45) is 5.92 Å². The van der Waals surface area contributed by atoms with Crippen LogP contribution in [0.2, 0.25) is 10.0 Å². The average molecular weight is 754 g/mol. The molecule has 0 bridgehead atoms. The maximum Gasteiger partial charge on any atom is 0.215 e. The molecular weight excluding hydrogens is 707 g/mol. The van der Waals surface area contributed by atoms with Gasteiger partial charge in [0.2, 0.25) is 5.79 Å². The van der Waals surface area contributed by atoms with Gasteiger partial charge < -0.3 is 43.9 Å². The number of hydrogen-bond donors (Lipinski definition) is 2. The van der Waals surface area contributed by atoms with Gasteiger partial charge in [-0.25, -0.2) is 4.98 Å². The van der Waals surface area contributed by atoms with E-state index in [1.165, 1.54) is 5.69 Å². The summed E-state index contributed by atoms with van der Waals surface area (Å²) in [5.74, 6) is 0.250. The molecule has 0 radical (unpaired) electrons. The standard InChI is InChI=1S/C38H46Cl2N6O4S/c1-28(2)13-15-46(21-22-47)37(51)42-30-4-6-31(7-5-30)44-17-19-45(20-18-44)32-8-10-33(11-9-32)48-24-34-25-49-38(50-34,26-43-16-14-41-27-43)35-12-3-29(39)23-36(35)40/h3-12,14,16,23,27-28,34,47H,13,15,17-22,24-26H2,1-2H3,(H,42,51)/t34-,38-/m1/s1. The first-order valence-electron chi connectivity index (χ1n) is 17.4. The lowest BCUT2D eigenvalue weighted by Crippen LogP contribution is -2.46. The quantitative estimate of drug-likeness (QED) is 0.133. The Hall–Kier alpha value is -3.58. The van der Waals surface area contributed by atoms with Crippen LogP contribution < -0.4 is 19.9 Å². The Morgan fingerprint density at radius 3 is 2.31 bits per heavy atom. The third-order valence-corrected chi connectivity index (χ3v) is 10.1. The molecule has 3 aromatic carbocycles. The first kappa shape index (κ1) is 37.2. The zero-order chi connectivity index (χ0) is 35.8. The molecule has 2 saturated heterocycles. The number of hydrogen-bond acceptors (Lipinski definition) is 8. The highest BCUT2D eigenvalue weighted by Crippen LogP contribution is 2.40. The van der Waals surface area contributed by atoms with E-state index in [4.69, 9.17) is 49.6 Å². The molecule has 13 heteroatoms. The summed E-state index contributed by atoms with van der Waals surface area (Å²) < 4.78 is 20.9. The minimum Gasteiger partial charge on any atom is -0.491 e. The van der Waals surface area contributed by atoms with Crippen molar-refractivity contribution >= 4 is 57.6 Å². The number of ether oxygens (including phenoxy) is 3. The van der Waals surface area contributed by atoms with Crippen LogP contribution in [0.5, 0.6) is 5.75 Å². The van der Waals surface area contributed by atoms with Gasteiger partial charge in [-0.05, 0) is 85.2 Å². The number of rotatable bonds is 14. The summed E-state index contributed by atoms with van der Waals surface area (Å²) in [7, 11) is 0. The van der Waals surface area contributed by atoms with Crippen molar-refractivity contribution in [3.05, 3.63) is 101 Å². The molecule has 1 aromatic heterocycles. The molecule has 10 nitrogen and oxygen atoms in total. The van der Waals surface area contributed by atoms with Gasteiger partial charge in [-0.1, -0.05) is 43.1 Å². The first-order valence-corrected chi connectivity index (χ1v) is 18.6. The van der Waals surface area contributed by atoms with Crippen LogP contribution in [0.4, 0.5) is 17.1 Å². The molecule has 2 fully saturated rings. The smallest absolute Gasteiger partial charge is 0.215 e. The number of imidazole rings is 1. The average Bonchev–Trinajstić information content (AvgIpc) is 3.80.